The van der Waals surface area contributed by atoms with Crippen molar-refractivity contribution >= 4 is 22.2 Å². The third-order valence-electron chi connectivity index (χ3n) is 3.35. The number of anilines is 1. The molecule has 1 amide bonds. The van der Waals surface area contributed by atoms with Gasteiger partial charge in [-0.1, -0.05) is 13.8 Å². The highest BCUT2D eigenvalue weighted by molar-refractivity contribution is 7.16. The fourth-order valence-corrected chi connectivity index (χ4v) is 3.75. The molecular weight excluding hydrogens is 244 g/mol. The number of nitriles is 1. The third kappa shape index (κ3) is 2.56. The zero-order valence-corrected chi connectivity index (χ0v) is 11.7. The standard InChI is InChI=1S/C14H18N2OS/c1-3-4-13(17)16-14-11(8-15)10-6-5-9(2)7-12(10)18-14/h9H,3-7H2,1-2H3,(H,16,17)/t9-/m0/s1. The summed E-state index contributed by atoms with van der Waals surface area (Å²) < 4.78 is 0. The van der Waals surface area contributed by atoms with Gasteiger partial charge in [0.15, 0.2) is 0 Å². The van der Waals surface area contributed by atoms with Gasteiger partial charge in [0, 0.05) is 11.3 Å². The molecule has 1 atom stereocenters. The minimum Gasteiger partial charge on any atom is -0.317 e. The lowest BCUT2D eigenvalue weighted by Crippen LogP contribution is -2.11. The second-order valence-electron chi connectivity index (χ2n) is 4.97. The summed E-state index contributed by atoms with van der Waals surface area (Å²) in [7, 11) is 0. The zero-order valence-electron chi connectivity index (χ0n) is 10.9. The highest BCUT2D eigenvalue weighted by Crippen LogP contribution is 2.39. The minimum atomic E-state index is 0.0145. The van der Waals surface area contributed by atoms with Gasteiger partial charge in [-0.3, -0.25) is 4.79 Å². The van der Waals surface area contributed by atoms with Gasteiger partial charge in [0.2, 0.25) is 5.91 Å². The molecule has 0 radical (unpaired) electrons. The fourth-order valence-electron chi connectivity index (χ4n) is 2.37. The van der Waals surface area contributed by atoms with Crippen molar-refractivity contribution in [3.8, 4) is 6.07 Å². The maximum absolute atomic E-state index is 11.6. The average Bonchev–Trinajstić information content (AvgIpc) is 2.65. The molecule has 2 rings (SSSR count). The zero-order chi connectivity index (χ0) is 13.1. The highest BCUT2D eigenvalue weighted by atomic mass is 32.1. The quantitative estimate of drug-likeness (QED) is 0.906. The fraction of sp³-hybridized carbons (Fsp3) is 0.571. The number of nitrogens with zero attached hydrogens (tertiary/aromatic N) is 1. The van der Waals surface area contributed by atoms with Crippen LogP contribution in [0.15, 0.2) is 0 Å². The molecule has 0 unspecified atom stereocenters. The Bertz CT molecular complexity index is 499. The molecule has 1 N–H and O–H groups in total. The number of rotatable bonds is 3. The van der Waals surface area contributed by atoms with Crippen LogP contribution in [-0.4, -0.2) is 5.91 Å². The number of thiophene rings is 1. The number of carbonyl (C=O) groups excluding carboxylic acids is 1. The molecule has 18 heavy (non-hydrogen) atoms. The number of carbonyl (C=O) groups is 1. The second kappa shape index (κ2) is 5.53. The van der Waals surface area contributed by atoms with Crippen molar-refractivity contribution < 1.29 is 4.79 Å². The Kier molecular flexibility index (Phi) is 4.03. The summed E-state index contributed by atoms with van der Waals surface area (Å²) in [6.45, 7) is 4.22. The van der Waals surface area contributed by atoms with Crippen LogP contribution >= 0.6 is 11.3 Å². The lowest BCUT2D eigenvalue weighted by molar-refractivity contribution is -0.116. The van der Waals surface area contributed by atoms with Crippen LogP contribution in [0, 0.1) is 17.2 Å². The maximum Gasteiger partial charge on any atom is 0.224 e. The smallest absolute Gasteiger partial charge is 0.224 e. The molecule has 0 spiro atoms. The Balaban J connectivity index is 2.26. The van der Waals surface area contributed by atoms with Gasteiger partial charge in [0.05, 0.1) is 5.56 Å². The van der Waals surface area contributed by atoms with Crippen LogP contribution in [0.4, 0.5) is 5.00 Å². The first-order valence-electron chi connectivity index (χ1n) is 6.50. The van der Waals surface area contributed by atoms with Crippen LogP contribution in [0.25, 0.3) is 0 Å². The van der Waals surface area contributed by atoms with Crippen LogP contribution in [0.3, 0.4) is 0 Å². The lowest BCUT2D eigenvalue weighted by atomic mass is 9.89. The summed E-state index contributed by atoms with van der Waals surface area (Å²) in [5.41, 5.74) is 1.87. The maximum atomic E-state index is 11.6. The predicted octanol–water partition coefficient (Wildman–Crippen LogP) is 3.48. The molecule has 1 aliphatic carbocycles. The van der Waals surface area contributed by atoms with E-state index in [0.717, 1.165) is 30.7 Å². The summed E-state index contributed by atoms with van der Waals surface area (Å²) in [6, 6.07) is 2.26. The van der Waals surface area contributed by atoms with Gasteiger partial charge < -0.3 is 5.32 Å². The van der Waals surface area contributed by atoms with E-state index in [-0.39, 0.29) is 5.91 Å². The summed E-state index contributed by atoms with van der Waals surface area (Å²) >= 11 is 1.59. The first kappa shape index (κ1) is 13.1. The summed E-state index contributed by atoms with van der Waals surface area (Å²) in [4.78, 5) is 12.9. The van der Waals surface area contributed by atoms with E-state index in [2.05, 4.69) is 18.3 Å². The Morgan fingerprint density at radius 2 is 2.39 bits per heavy atom. The number of hydrogen-bond donors (Lipinski definition) is 1. The summed E-state index contributed by atoms with van der Waals surface area (Å²) in [5.74, 6) is 0.697. The first-order valence-corrected chi connectivity index (χ1v) is 7.31. The van der Waals surface area contributed by atoms with Crippen LogP contribution in [0.2, 0.25) is 0 Å². The molecule has 1 aliphatic rings. The Hall–Kier alpha value is -1.34. The molecule has 1 aromatic heterocycles. The monoisotopic (exact) mass is 262 g/mol. The molecule has 1 aromatic rings. The molecule has 96 valence electrons. The van der Waals surface area contributed by atoms with Gasteiger partial charge in [-0.05, 0) is 37.2 Å². The van der Waals surface area contributed by atoms with E-state index >= 15 is 0 Å². The summed E-state index contributed by atoms with van der Waals surface area (Å²) in [6.07, 6.45) is 4.50. The molecule has 0 saturated heterocycles. The van der Waals surface area contributed by atoms with Crippen LogP contribution in [-0.2, 0) is 17.6 Å². The number of nitrogens with one attached hydrogen (secondary N) is 1. The number of amides is 1. The Morgan fingerprint density at radius 1 is 1.61 bits per heavy atom. The SMILES string of the molecule is CCCC(=O)Nc1sc2c(c1C#N)CC[C@H](C)C2. The van der Waals surface area contributed by atoms with E-state index in [9.17, 15) is 10.1 Å². The van der Waals surface area contributed by atoms with Crippen molar-refractivity contribution in [1.29, 1.82) is 5.26 Å². The van der Waals surface area contributed by atoms with Crippen molar-refractivity contribution in [2.45, 2.75) is 46.0 Å². The van der Waals surface area contributed by atoms with E-state index < -0.39 is 0 Å². The van der Waals surface area contributed by atoms with Gasteiger partial charge in [-0.15, -0.1) is 11.3 Å². The third-order valence-corrected chi connectivity index (χ3v) is 4.52. The molecular formula is C14H18N2OS. The second-order valence-corrected chi connectivity index (χ2v) is 6.07. The van der Waals surface area contributed by atoms with Crippen LogP contribution in [0.1, 0.15) is 49.1 Å². The van der Waals surface area contributed by atoms with Crippen molar-refractivity contribution in [1.82, 2.24) is 0 Å². The van der Waals surface area contributed by atoms with Crippen molar-refractivity contribution in [3.05, 3.63) is 16.0 Å². The topological polar surface area (TPSA) is 52.9 Å². The normalized spacial score (nSPS) is 17.9. The predicted molar refractivity (Wildman–Crippen MR) is 73.8 cm³/mol. The Morgan fingerprint density at radius 3 is 3.06 bits per heavy atom. The Labute approximate surface area is 112 Å². The number of hydrogen-bond acceptors (Lipinski definition) is 3. The largest absolute Gasteiger partial charge is 0.317 e. The van der Waals surface area contributed by atoms with E-state index in [1.165, 1.54) is 10.4 Å². The number of fused-ring (bicyclic) bond motifs is 1. The van der Waals surface area contributed by atoms with Crippen LogP contribution < -0.4 is 5.32 Å². The van der Waals surface area contributed by atoms with Gasteiger partial charge in [-0.2, -0.15) is 5.26 Å². The van der Waals surface area contributed by atoms with Crippen molar-refractivity contribution in [2.75, 3.05) is 5.32 Å². The molecule has 4 heteroatoms. The van der Waals surface area contributed by atoms with Gasteiger partial charge >= 0.3 is 0 Å². The van der Waals surface area contributed by atoms with E-state index in [4.69, 9.17) is 0 Å². The minimum absolute atomic E-state index is 0.0145. The highest BCUT2D eigenvalue weighted by Gasteiger charge is 2.24. The molecule has 1 heterocycles. The van der Waals surface area contributed by atoms with E-state index in [1.54, 1.807) is 11.3 Å². The summed E-state index contributed by atoms with van der Waals surface area (Å²) in [5, 5.41) is 12.9. The first-order chi connectivity index (χ1) is 8.65. The van der Waals surface area contributed by atoms with Crippen molar-refractivity contribution in [2.24, 2.45) is 5.92 Å². The molecule has 0 fully saturated rings. The van der Waals surface area contributed by atoms with Crippen LogP contribution in [0.5, 0.6) is 0 Å². The molecule has 0 aromatic carbocycles. The lowest BCUT2D eigenvalue weighted by Gasteiger charge is -2.17. The van der Waals surface area contributed by atoms with E-state index in [0.29, 0.717) is 17.9 Å². The van der Waals surface area contributed by atoms with Gasteiger partial charge in [0.25, 0.3) is 0 Å². The van der Waals surface area contributed by atoms with E-state index in [1.807, 2.05) is 6.92 Å². The molecule has 0 aliphatic heterocycles. The van der Waals surface area contributed by atoms with Crippen molar-refractivity contribution in [3.63, 3.8) is 0 Å². The molecule has 0 saturated carbocycles. The van der Waals surface area contributed by atoms with Gasteiger partial charge in [-0.25, -0.2) is 0 Å². The van der Waals surface area contributed by atoms with Gasteiger partial charge in [0.1, 0.15) is 11.1 Å². The molecule has 0 bridgehead atoms. The average molecular weight is 262 g/mol. The molecule has 3 nitrogen and oxygen atoms in total.